The van der Waals surface area contributed by atoms with E-state index in [2.05, 4.69) is 53.5 Å². The third-order valence-electron chi connectivity index (χ3n) is 4.06. The third kappa shape index (κ3) is 6.18. The highest BCUT2D eigenvalue weighted by molar-refractivity contribution is 5.45. The van der Waals surface area contributed by atoms with E-state index in [0.29, 0.717) is 0 Å². The zero-order valence-electron chi connectivity index (χ0n) is 13.7. The Hall–Kier alpha value is -1.53. The molecule has 0 aliphatic carbocycles. The summed E-state index contributed by atoms with van der Waals surface area (Å²) in [6.45, 7) is 6.38. The van der Waals surface area contributed by atoms with Crippen LogP contribution in [0.2, 0.25) is 0 Å². The van der Waals surface area contributed by atoms with Crippen LogP contribution in [0, 0.1) is 11.3 Å². The zero-order valence-corrected chi connectivity index (χ0v) is 13.7. The summed E-state index contributed by atoms with van der Waals surface area (Å²) in [5, 5.41) is 12.3. The fourth-order valence-electron chi connectivity index (χ4n) is 2.38. The summed E-state index contributed by atoms with van der Waals surface area (Å²) in [5.41, 5.74) is 0.920. The average molecular weight is 287 g/mol. The number of unbranched alkanes of at least 4 members (excludes halogenated alkanes) is 2. The van der Waals surface area contributed by atoms with Crippen LogP contribution in [0.3, 0.4) is 0 Å². The van der Waals surface area contributed by atoms with Crippen molar-refractivity contribution in [2.24, 2.45) is 0 Å². The largest absolute Gasteiger partial charge is 0.372 e. The van der Waals surface area contributed by atoms with Crippen molar-refractivity contribution >= 4 is 5.69 Å². The van der Waals surface area contributed by atoms with Gasteiger partial charge in [-0.05, 0) is 51.8 Å². The summed E-state index contributed by atoms with van der Waals surface area (Å²) in [4.78, 5) is 2.46. The molecule has 21 heavy (non-hydrogen) atoms. The first-order valence-corrected chi connectivity index (χ1v) is 8.05. The quantitative estimate of drug-likeness (QED) is 0.662. The van der Waals surface area contributed by atoms with Gasteiger partial charge in [-0.2, -0.15) is 5.26 Å². The summed E-state index contributed by atoms with van der Waals surface area (Å²) >= 11 is 0. The van der Waals surface area contributed by atoms with Gasteiger partial charge in [-0.25, -0.2) is 0 Å². The topological polar surface area (TPSA) is 39.1 Å². The number of nitriles is 1. The molecule has 3 heteroatoms. The van der Waals surface area contributed by atoms with Gasteiger partial charge in [0.05, 0.1) is 6.07 Å². The summed E-state index contributed by atoms with van der Waals surface area (Å²) in [6.07, 6.45) is 5.53. The summed E-state index contributed by atoms with van der Waals surface area (Å²) < 4.78 is 0. The van der Waals surface area contributed by atoms with Crippen molar-refractivity contribution in [2.75, 3.05) is 25.0 Å². The first-order valence-electron chi connectivity index (χ1n) is 8.05. The molecule has 0 spiro atoms. The highest BCUT2D eigenvalue weighted by Gasteiger charge is 2.20. The predicted octanol–water partition coefficient (Wildman–Crippen LogP) is 3.97. The average Bonchev–Trinajstić information content (AvgIpc) is 2.54. The number of nitrogens with zero attached hydrogens (tertiary/aromatic N) is 2. The lowest BCUT2D eigenvalue weighted by molar-refractivity contribution is 0.433. The third-order valence-corrected chi connectivity index (χ3v) is 4.06. The highest BCUT2D eigenvalue weighted by atomic mass is 15.1. The fraction of sp³-hybridized carbons (Fsp3) is 0.611. The number of hydrogen-bond donors (Lipinski definition) is 1. The molecule has 0 aliphatic rings. The van der Waals surface area contributed by atoms with Crippen molar-refractivity contribution in [3.63, 3.8) is 0 Å². The van der Waals surface area contributed by atoms with Gasteiger partial charge in [0, 0.05) is 18.8 Å². The second-order valence-electron chi connectivity index (χ2n) is 5.83. The van der Waals surface area contributed by atoms with Gasteiger partial charge in [0.25, 0.3) is 0 Å². The second-order valence-corrected chi connectivity index (χ2v) is 5.83. The van der Waals surface area contributed by atoms with E-state index in [4.69, 9.17) is 5.26 Å². The number of anilines is 1. The Balaban J connectivity index is 2.46. The molecule has 1 atom stereocenters. The molecular weight excluding hydrogens is 258 g/mol. The summed E-state index contributed by atoms with van der Waals surface area (Å²) in [7, 11) is 1.86. The molecule has 0 aromatic heterocycles. The number of para-hydroxylation sites is 1. The molecule has 3 nitrogen and oxygen atoms in total. The van der Waals surface area contributed by atoms with Gasteiger partial charge < -0.3 is 10.2 Å². The fourth-order valence-corrected chi connectivity index (χ4v) is 2.38. The Bertz CT molecular complexity index is 424. The maximum Gasteiger partial charge on any atom is 0.103 e. The molecule has 0 heterocycles. The zero-order chi connectivity index (χ0) is 15.6. The van der Waals surface area contributed by atoms with Crippen LogP contribution in [0.5, 0.6) is 0 Å². The van der Waals surface area contributed by atoms with Gasteiger partial charge in [0.15, 0.2) is 0 Å². The lowest BCUT2D eigenvalue weighted by Crippen LogP contribution is -2.38. The van der Waals surface area contributed by atoms with Crippen LogP contribution in [0.4, 0.5) is 5.69 Å². The van der Waals surface area contributed by atoms with Crippen molar-refractivity contribution in [1.82, 2.24) is 5.32 Å². The van der Waals surface area contributed by atoms with Crippen LogP contribution in [-0.2, 0) is 0 Å². The standard InChI is InChI=1S/C18H29N3/c1-4-5-14-21(17-11-7-6-8-12-17)15-10-9-13-18(2,16-19)20-3/h6-8,11-12,20H,4-5,9-10,13-15H2,1-3H3. The molecule has 0 radical (unpaired) electrons. The molecule has 116 valence electrons. The Morgan fingerprint density at radius 3 is 2.38 bits per heavy atom. The molecule has 1 unspecified atom stereocenters. The minimum atomic E-state index is -0.388. The minimum Gasteiger partial charge on any atom is -0.372 e. The second kappa shape index (κ2) is 9.41. The smallest absolute Gasteiger partial charge is 0.103 e. The van der Waals surface area contributed by atoms with Crippen molar-refractivity contribution in [3.8, 4) is 6.07 Å². The van der Waals surface area contributed by atoms with Crippen molar-refractivity contribution in [2.45, 2.75) is 51.5 Å². The van der Waals surface area contributed by atoms with Crippen molar-refractivity contribution in [1.29, 1.82) is 5.26 Å². The predicted molar refractivity (Wildman–Crippen MR) is 90.5 cm³/mol. The first-order chi connectivity index (χ1) is 10.1. The van der Waals surface area contributed by atoms with Crippen molar-refractivity contribution in [3.05, 3.63) is 30.3 Å². The number of hydrogen-bond acceptors (Lipinski definition) is 3. The van der Waals surface area contributed by atoms with E-state index in [1.807, 2.05) is 14.0 Å². The summed E-state index contributed by atoms with van der Waals surface area (Å²) in [5.74, 6) is 0. The van der Waals surface area contributed by atoms with E-state index >= 15 is 0 Å². The molecule has 0 amide bonds. The molecule has 0 bridgehead atoms. The molecule has 1 rings (SSSR count). The van der Waals surface area contributed by atoms with Gasteiger partial charge in [-0.1, -0.05) is 31.5 Å². The lowest BCUT2D eigenvalue weighted by atomic mass is 9.97. The minimum absolute atomic E-state index is 0.388. The van der Waals surface area contributed by atoms with Gasteiger partial charge >= 0.3 is 0 Å². The van der Waals surface area contributed by atoms with E-state index < -0.39 is 0 Å². The molecule has 0 aliphatic heterocycles. The normalized spacial score (nSPS) is 13.4. The maximum atomic E-state index is 9.17. The SMILES string of the molecule is CCCCN(CCCCC(C)(C#N)NC)c1ccccc1. The van der Waals surface area contributed by atoms with Gasteiger partial charge in [0.1, 0.15) is 5.54 Å². The van der Waals surface area contributed by atoms with Crippen LogP contribution in [0.15, 0.2) is 30.3 Å². The Morgan fingerprint density at radius 2 is 1.81 bits per heavy atom. The Morgan fingerprint density at radius 1 is 1.14 bits per heavy atom. The van der Waals surface area contributed by atoms with Gasteiger partial charge in [-0.15, -0.1) is 0 Å². The molecular formula is C18H29N3. The lowest BCUT2D eigenvalue weighted by Gasteiger charge is -2.26. The van der Waals surface area contributed by atoms with Gasteiger partial charge in [0.2, 0.25) is 0 Å². The van der Waals surface area contributed by atoms with E-state index in [-0.39, 0.29) is 5.54 Å². The number of nitrogens with one attached hydrogen (secondary N) is 1. The van der Waals surface area contributed by atoms with Crippen LogP contribution < -0.4 is 10.2 Å². The highest BCUT2D eigenvalue weighted by Crippen LogP contribution is 2.17. The molecule has 1 N–H and O–H groups in total. The molecule has 1 aromatic rings. The number of benzene rings is 1. The van der Waals surface area contributed by atoms with Crippen LogP contribution in [0.25, 0.3) is 0 Å². The molecule has 0 saturated heterocycles. The Labute approximate surface area is 130 Å². The maximum absolute atomic E-state index is 9.17. The van der Waals surface area contributed by atoms with Crippen LogP contribution in [0.1, 0.15) is 46.0 Å². The van der Waals surface area contributed by atoms with Gasteiger partial charge in [-0.3, -0.25) is 0 Å². The Kier molecular flexibility index (Phi) is 7.85. The first kappa shape index (κ1) is 17.5. The van der Waals surface area contributed by atoms with Crippen LogP contribution >= 0.6 is 0 Å². The molecule has 1 aromatic carbocycles. The molecule has 0 saturated carbocycles. The summed E-state index contributed by atoms with van der Waals surface area (Å²) in [6, 6.07) is 13.0. The van der Waals surface area contributed by atoms with Crippen molar-refractivity contribution < 1.29 is 0 Å². The number of rotatable bonds is 10. The van der Waals surface area contributed by atoms with E-state index in [0.717, 1.165) is 32.4 Å². The van der Waals surface area contributed by atoms with E-state index in [9.17, 15) is 0 Å². The molecule has 0 fully saturated rings. The van der Waals surface area contributed by atoms with E-state index in [1.54, 1.807) is 0 Å². The van der Waals surface area contributed by atoms with E-state index in [1.165, 1.54) is 18.5 Å². The monoisotopic (exact) mass is 287 g/mol. The van der Waals surface area contributed by atoms with Crippen LogP contribution in [-0.4, -0.2) is 25.7 Å².